The van der Waals surface area contributed by atoms with Crippen LogP contribution in [0.1, 0.15) is 41.1 Å². The van der Waals surface area contributed by atoms with Crippen molar-refractivity contribution in [3.63, 3.8) is 0 Å². The van der Waals surface area contributed by atoms with Gasteiger partial charge >= 0.3 is 0 Å². The lowest BCUT2D eigenvalue weighted by atomic mass is 10.3. The molecule has 1 saturated heterocycles. The van der Waals surface area contributed by atoms with Crippen LogP contribution in [0.15, 0.2) is 12.3 Å². The largest absolute Gasteiger partial charge is 0.336 e. The first-order valence-corrected chi connectivity index (χ1v) is 10.1. The molecule has 1 aliphatic heterocycles. The first-order chi connectivity index (χ1) is 13.0. The van der Waals surface area contributed by atoms with Gasteiger partial charge in [-0.15, -0.1) is 0 Å². The molecule has 27 heavy (non-hydrogen) atoms. The lowest BCUT2D eigenvalue weighted by molar-refractivity contribution is 0.0754. The molecule has 2 fully saturated rings. The van der Waals surface area contributed by atoms with Crippen molar-refractivity contribution in [1.82, 2.24) is 29.4 Å². The smallest absolute Gasteiger partial charge is 0.274 e. The summed E-state index contributed by atoms with van der Waals surface area (Å²) in [4.78, 5) is 17.3. The number of hydrogen-bond acceptors (Lipinski definition) is 4. The Bertz CT molecular complexity index is 824. The summed E-state index contributed by atoms with van der Waals surface area (Å²) in [7, 11) is 0. The summed E-state index contributed by atoms with van der Waals surface area (Å²) in [5, 5.41) is 9.58. The molecule has 2 aromatic rings. The second-order valence-corrected chi connectivity index (χ2v) is 8.13. The minimum Gasteiger partial charge on any atom is -0.336 e. The van der Waals surface area contributed by atoms with Gasteiger partial charge in [0, 0.05) is 32.4 Å². The Morgan fingerprint density at radius 3 is 2.70 bits per heavy atom. The van der Waals surface area contributed by atoms with Crippen molar-refractivity contribution in [2.45, 2.75) is 39.8 Å². The Morgan fingerprint density at radius 1 is 1.19 bits per heavy atom. The van der Waals surface area contributed by atoms with Crippen LogP contribution in [0.4, 0.5) is 0 Å². The second-order valence-electron chi connectivity index (χ2n) is 7.76. The van der Waals surface area contributed by atoms with Gasteiger partial charge in [0.1, 0.15) is 12.4 Å². The van der Waals surface area contributed by atoms with Gasteiger partial charge < -0.3 is 9.80 Å². The maximum Gasteiger partial charge on any atom is 0.274 e. The number of aryl methyl sites for hydroxylation is 1. The van der Waals surface area contributed by atoms with Crippen LogP contribution >= 0.6 is 11.6 Å². The van der Waals surface area contributed by atoms with Gasteiger partial charge in [0.25, 0.3) is 5.91 Å². The van der Waals surface area contributed by atoms with Crippen LogP contribution in [0.3, 0.4) is 0 Å². The Labute approximate surface area is 164 Å². The van der Waals surface area contributed by atoms with Crippen molar-refractivity contribution in [3.05, 3.63) is 34.4 Å². The first kappa shape index (κ1) is 18.5. The summed E-state index contributed by atoms with van der Waals surface area (Å²) in [6.45, 7) is 9.11. The normalized spacial score (nSPS) is 18.7. The Hall–Kier alpha value is -1.86. The first-order valence-electron chi connectivity index (χ1n) is 9.76. The number of nitrogens with zero attached hydrogens (tertiary/aromatic N) is 6. The highest BCUT2D eigenvalue weighted by atomic mass is 35.5. The third-order valence-corrected chi connectivity index (χ3v) is 6.07. The van der Waals surface area contributed by atoms with Gasteiger partial charge in [0.2, 0.25) is 0 Å². The van der Waals surface area contributed by atoms with Gasteiger partial charge in [0.05, 0.1) is 16.4 Å². The molecule has 2 aliphatic rings. The standard InChI is InChI=1S/C19H27ClN6O/c1-14-18(20)15(2)26(21-14)13-25-9-6-17(22-25)19(27)24-8-3-7-23(10-11-24)12-16-4-5-16/h6,9,16H,3-5,7-8,10-13H2,1-2H3. The molecule has 146 valence electrons. The fourth-order valence-electron chi connectivity index (χ4n) is 3.69. The Morgan fingerprint density at radius 2 is 2.00 bits per heavy atom. The van der Waals surface area contributed by atoms with Gasteiger partial charge in [-0.1, -0.05) is 11.6 Å². The fraction of sp³-hybridized carbons (Fsp3) is 0.632. The minimum atomic E-state index is 0.0217. The molecule has 7 nitrogen and oxygen atoms in total. The van der Waals surface area contributed by atoms with E-state index < -0.39 is 0 Å². The fourth-order valence-corrected chi connectivity index (χ4v) is 3.82. The van der Waals surface area contributed by atoms with Crippen LogP contribution < -0.4 is 0 Å². The highest BCUT2D eigenvalue weighted by Crippen LogP contribution is 2.30. The van der Waals surface area contributed by atoms with Crippen molar-refractivity contribution in [3.8, 4) is 0 Å². The molecule has 0 atom stereocenters. The molecule has 2 aromatic heterocycles. The molecular formula is C19H27ClN6O. The zero-order chi connectivity index (χ0) is 19.0. The molecule has 0 bridgehead atoms. The Balaban J connectivity index is 1.38. The van der Waals surface area contributed by atoms with Gasteiger partial charge in [0.15, 0.2) is 0 Å². The van der Waals surface area contributed by atoms with Gasteiger partial charge in [-0.2, -0.15) is 10.2 Å². The van der Waals surface area contributed by atoms with E-state index in [9.17, 15) is 4.79 Å². The average Bonchev–Trinajstić information content (AvgIpc) is 3.36. The van der Waals surface area contributed by atoms with Crippen LogP contribution in [-0.4, -0.2) is 68.0 Å². The predicted molar refractivity (Wildman–Crippen MR) is 104 cm³/mol. The molecule has 0 N–H and O–H groups in total. The molecule has 3 heterocycles. The van der Waals surface area contributed by atoms with Crippen molar-refractivity contribution in [2.75, 3.05) is 32.7 Å². The average molecular weight is 391 g/mol. The Kier molecular flexibility index (Phi) is 5.23. The zero-order valence-corrected chi connectivity index (χ0v) is 16.8. The number of carbonyl (C=O) groups excluding carboxylic acids is 1. The van der Waals surface area contributed by atoms with E-state index in [1.807, 2.05) is 24.9 Å². The summed E-state index contributed by atoms with van der Waals surface area (Å²) in [6.07, 6.45) is 5.60. The third kappa shape index (κ3) is 4.19. The molecule has 4 rings (SSSR count). The number of amides is 1. The van der Waals surface area contributed by atoms with Crippen molar-refractivity contribution in [2.24, 2.45) is 5.92 Å². The van der Waals surface area contributed by atoms with Crippen molar-refractivity contribution >= 4 is 17.5 Å². The van der Waals surface area contributed by atoms with Crippen LogP contribution in [0.2, 0.25) is 5.02 Å². The number of halogens is 1. The van der Waals surface area contributed by atoms with Gasteiger partial charge in [-0.25, -0.2) is 4.68 Å². The summed E-state index contributed by atoms with van der Waals surface area (Å²) in [5.74, 6) is 0.916. The molecule has 1 saturated carbocycles. The van der Waals surface area contributed by atoms with Crippen LogP contribution in [-0.2, 0) is 6.67 Å². The van der Waals surface area contributed by atoms with E-state index in [2.05, 4.69) is 15.1 Å². The third-order valence-electron chi connectivity index (χ3n) is 5.52. The predicted octanol–water partition coefficient (Wildman–Crippen LogP) is 2.41. The maximum absolute atomic E-state index is 12.9. The van der Waals surface area contributed by atoms with Crippen molar-refractivity contribution in [1.29, 1.82) is 0 Å². The molecule has 0 spiro atoms. The van der Waals surface area contributed by atoms with E-state index in [4.69, 9.17) is 11.6 Å². The highest BCUT2D eigenvalue weighted by Gasteiger charge is 2.27. The lowest BCUT2D eigenvalue weighted by Crippen LogP contribution is -2.36. The maximum atomic E-state index is 12.9. The lowest BCUT2D eigenvalue weighted by Gasteiger charge is -2.21. The topological polar surface area (TPSA) is 59.2 Å². The molecular weight excluding hydrogens is 364 g/mol. The van der Waals surface area contributed by atoms with E-state index in [0.29, 0.717) is 17.4 Å². The second kappa shape index (κ2) is 7.64. The molecule has 0 aromatic carbocycles. The van der Waals surface area contributed by atoms with E-state index in [1.165, 1.54) is 19.4 Å². The quantitative estimate of drug-likeness (QED) is 0.786. The number of aromatic nitrogens is 4. The van der Waals surface area contributed by atoms with Crippen LogP contribution in [0, 0.1) is 19.8 Å². The SMILES string of the molecule is Cc1nn(Cn2ccc(C(=O)N3CCCN(CC4CC4)CC3)n2)c(C)c1Cl. The summed E-state index contributed by atoms with van der Waals surface area (Å²) >= 11 is 6.21. The van der Waals surface area contributed by atoms with Gasteiger partial charge in [-0.3, -0.25) is 9.48 Å². The summed E-state index contributed by atoms with van der Waals surface area (Å²) < 4.78 is 3.54. The van der Waals surface area contributed by atoms with E-state index in [-0.39, 0.29) is 5.91 Å². The summed E-state index contributed by atoms with van der Waals surface area (Å²) in [6, 6.07) is 1.79. The highest BCUT2D eigenvalue weighted by molar-refractivity contribution is 6.31. The number of hydrogen-bond donors (Lipinski definition) is 0. The van der Waals surface area contributed by atoms with E-state index >= 15 is 0 Å². The molecule has 1 aliphatic carbocycles. The monoisotopic (exact) mass is 390 g/mol. The molecule has 1 amide bonds. The van der Waals surface area contributed by atoms with Gasteiger partial charge in [-0.05, 0) is 51.6 Å². The summed E-state index contributed by atoms with van der Waals surface area (Å²) in [5.41, 5.74) is 2.21. The molecule has 0 radical (unpaired) electrons. The van der Waals surface area contributed by atoms with Crippen LogP contribution in [0.5, 0.6) is 0 Å². The molecule has 0 unspecified atom stereocenters. The number of rotatable bonds is 5. The minimum absolute atomic E-state index is 0.0217. The van der Waals surface area contributed by atoms with Crippen LogP contribution in [0.25, 0.3) is 0 Å². The van der Waals surface area contributed by atoms with E-state index in [0.717, 1.165) is 49.9 Å². The zero-order valence-electron chi connectivity index (χ0n) is 16.1. The molecule has 8 heteroatoms. The van der Waals surface area contributed by atoms with Crippen molar-refractivity contribution < 1.29 is 4.79 Å². The van der Waals surface area contributed by atoms with E-state index in [1.54, 1.807) is 15.4 Å². The number of carbonyl (C=O) groups is 1.